The summed E-state index contributed by atoms with van der Waals surface area (Å²) in [5, 5.41) is 12.8. The zero-order valence-corrected chi connectivity index (χ0v) is 11.8. The van der Waals surface area contributed by atoms with Crippen LogP contribution in [0, 0.1) is 0 Å². The molecule has 0 rings (SSSR count). The quantitative estimate of drug-likeness (QED) is 0.548. The summed E-state index contributed by atoms with van der Waals surface area (Å²) in [6.45, 7) is 10.4. The van der Waals surface area contributed by atoms with E-state index in [0.29, 0.717) is 13.2 Å². The molecule has 0 saturated heterocycles. The topological polar surface area (TPSA) is 50.7 Å². The molecule has 2 N–H and O–H groups in total. The minimum Gasteiger partial charge on any atom is -0.394 e. The highest BCUT2D eigenvalue weighted by Gasteiger charge is 2.24. The van der Waals surface area contributed by atoms with Gasteiger partial charge < -0.3 is 19.9 Å². The van der Waals surface area contributed by atoms with Gasteiger partial charge in [-0.3, -0.25) is 0 Å². The molecule has 0 unspecified atom stereocenters. The lowest BCUT2D eigenvalue weighted by molar-refractivity contribution is -0.139. The van der Waals surface area contributed by atoms with Gasteiger partial charge >= 0.3 is 0 Å². The van der Waals surface area contributed by atoms with Gasteiger partial charge in [-0.05, 0) is 26.7 Å². The zero-order valence-electron chi connectivity index (χ0n) is 11.8. The van der Waals surface area contributed by atoms with Crippen LogP contribution in [-0.2, 0) is 9.47 Å². The molecular formula is C13H29NO3. The molecular weight excluding hydrogens is 218 g/mol. The Morgan fingerprint density at radius 3 is 1.94 bits per heavy atom. The van der Waals surface area contributed by atoms with E-state index in [1.807, 2.05) is 13.8 Å². The van der Waals surface area contributed by atoms with Crippen LogP contribution < -0.4 is 5.32 Å². The molecule has 0 aliphatic carbocycles. The average molecular weight is 247 g/mol. The first-order valence-corrected chi connectivity index (χ1v) is 6.77. The molecule has 0 aromatic rings. The highest BCUT2D eigenvalue weighted by Crippen LogP contribution is 2.14. The maximum absolute atomic E-state index is 9.42. The van der Waals surface area contributed by atoms with Crippen LogP contribution in [0.3, 0.4) is 0 Å². The Hall–Kier alpha value is -0.160. The third kappa shape index (κ3) is 6.36. The van der Waals surface area contributed by atoms with Gasteiger partial charge in [-0.2, -0.15) is 0 Å². The molecule has 104 valence electrons. The molecule has 4 heteroatoms. The predicted octanol–water partition coefficient (Wildman–Crippen LogP) is 1.92. The Kier molecular flexibility index (Phi) is 9.74. The summed E-state index contributed by atoms with van der Waals surface area (Å²) in [6, 6.07) is 0. The van der Waals surface area contributed by atoms with Crippen molar-refractivity contribution >= 4 is 0 Å². The number of nitrogens with one attached hydrogen (secondary N) is 1. The molecule has 0 spiro atoms. The lowest BCUT2D eigenvalue weighted by atomic mass is 9.94. The fraction of sp³-hybridized carbons (Fsp3) is 1.00. The van der Waals surface area contributed by atoms with Crippen molar-refractivity contribution in [3.05, 3.63) is 0 Å². The van der Waals surface area contributed by atoms with E-state index in [1.54, 1.807) is 0 Å². The Morgan fingerprint density at radius 2 is 1.59 bits per heavy atom. The third-order valence-electron chi connectivity index (χ3n) is 3.24. The van der Waals surface area contributed by atoms with Crippen molar-refractivity contribution in [2.75, 3.05) is 26.4 Å². The first-order valence-electron chi connectivity index (χ1n) is 6.77. The molecule has 0 radical (unpaired) electrons. The van der Waals surface area contributed by atoms with Gasteiger partial charge in [0, 0.05) is 31.7 Å². The molecule has 0 fully saturated rings. The fourth-order valence-electron chi connectivity index (χ4n) is 1.82. The summed E-state index contributed by atoms with van der Waals surface area (Å²) >= 11 is 0. The maximum atomic E-state index is 9.42. The lowest BCUT2D eigenvalue weighted by Gasteiger charge is -2.31. The molecule has 0 saturated carbocycles. The van der Waals surface area contributed by atoms with E-state index in [-0.39, 0.29) is 18.4 Å². The highest BCUT2D eigenvalue weighted by atomic mass is 16.7. The standard InChI is InChI=1S/C13H29NO3/c1-5-13(6-2,11-15)14-10-9-12(16-7-3)17-8-4/h12,14-15H,5-11H2,1-4H3. The smallest absolute Gasteiger partial charge is 0.158 e. The number of aliphatic hydroxyl groups is 1. The van der Waals surface area contributed by atoms with Crippen molar-refractivity contribution < 1.29 is 14.6 Å². The van der Waals surface area contributed by atoms with Crippen molar-refractivity contribution in [1.82, 2.24) is 5.32 Å². The summed E-state index contributed by atoms with van der Waals surface area (Å²) in [4.78, 5) is 0. The number of aliphatic hydroxyl groups excluding tert-OH is 1. The minimum atomic E-state index is -0.150. The summed E-state index contributed by atoms with van der Waals surface area (Å²) in [7, 11) is 0. The van der Waals surface area contributed by atoms with E-state index in [9.17, 15) is 5.11 Å². The van der Waals surface area contributed by atoms with Gasteiger partial charge in [0.1, 0.15) is 0 Å². The zero-order chi connectivity index (χ0) is 13.1. The van der Waals surface area contributed by atoms with Crippen LogP contribution in [0.1, 0.15) is 47.0 Å². The second kappa shape index (κ2) is 9.83. The second-order valence-electron chi connectivity index (χ2n) is 4.20. The number of rotatable bonds is 11. The predicted molar refractivity (Wildman–Crippen MR) is 70.1 cm³/mol. The summed E-state index contributed by atoms with van der Waals surface area (Å²) in [5.74, 6) is 0. The Bertz CT molecular complexity index is 158. The van der Waals surface area contributed by atoms with Gasteiger partial charge in [-0.25, -0.2) is 0 Å². The molecule has 0 aromatic carbocycles. The van der Waals surface area contributed by atoms with Crippen LogP contribution in [0.2, 0.25) is 0 Å². The summed E-state index contributed by atoms with van der Waals surface area (Å²) in [6.07, 6.45) is 2.52. The lowest BCUT2D eigenvalue weighted by Crippen LogP contribution is -2.48. The van der Waals surface area contributed by atoms with Gasteiger partial charge in [0.25, 0.3) is 0 Å². The van der Waals surface area contributed by atoms with Crippen LogP contribution in [0.4, 0.5) is 0 Å². The van der Waals surface area contributed by atoms with Gasteiger partial charge in [0.15, 0.2) is 6.29 Å². The van der Waals surface area contributed by atoms with E-state index >= 15 is 0 Å². The van der Waals surface area contributed by atoms with E-state index in [4.69, 9.17) is 9.47 Å². The fourth-order valence-corrected chi connectivity index (χ4v) is 1.82. The molecule has 0 bridgehead atoms. The Balaban J connectivity index is 3.99. The largest absolute Gasteiger partial charge is 0.394 e. The van der Waals surface area contributed by atoms with Gasteiger partial charge in [-0.1, -0.05) is 13.8 Å². The van der Waals surface area contributed by atoms with Gasteiger partial charge in [0.2, 0.25) is 0 Å². The van der Waals surface area contributed by atoms with Gasteiger partial charge in [-0.15, -0.1) is 0 Å². The SMILES string of the molecule is CCOC(CCNC(CC)(CC)CO)OCC. The third-order valence-corrected chi connectivity index (χ3v) is 3.24. The maximum Gasteiger partial charge on any atom is 0.158 e. The average Bonchev–Trinajstić information content (AvgIpc) is 2.36. The van der Waals surface area contributed by atoms with E-state index in [1.165, 1.54) is 0 Å². The first-order chi connectivity index (χ1) is 8.17. The first kappa shape index (κ1) is 16.8. The van der Waals surface area contributed by atoms with Crippen molar-refractivity contribution in [3.8, 4) is 0 Å². The van der Waals surface area contributed by atoms with E-state index in [2.05, 4.69) is 19.2 Å². The van der Waals surface area contributed by atoms with Gasteiger partial charge in [0.05, 0.1) is 6.61 Å². The molecule has 0 heterocycles. The number of hydrogen-bond acceptors (Lipinski definition) is 4. The number of ether oxygens (including phenoxy) is 2. The van der Waals surface area contributed by atoms with E-state index < -0.39 is 0 Å². The second-order valence-corrected chi connectivity index (χ2v) is 4.20. The normalized spacial score (nSPS) is 12.4. The highest BCUT2D eigenvalue weighted by molar-refractivity contribution is 4.84. The molecule has 0 atom stereocenters. The summed E-state index contributed by atoms with van der Waals surface area (Å²) < 4.78 is 10.9. The molecule has 0 amide bonds. The Labute approximate surface area is 106 Å². The van der Waals surface area contributed by atoms with Crippen LogP contribution in [0.5, 0.6) is 0 Å². The molecule has 4 nitrogen and oxygen atoms in total. The van der Waals surface area contributed by atoms with Crippen LogP contribution >= 0.6 is 0 Å². The molecule has 0 aromatic heterocycles. The van der Waals surface area contributed by atoms with Crippen LogP contribution in [-0.4, -0.2) is 43.3 Å². The molecule has 17 heavy (non-hydrogen) atoms. The van der Waals surface area contributed by atoms with Crippen LogP contribution in [0.15, 0.2) is 0 Å². The minimum absolute atomic E-state index is 0.136. The van der Waals surface area contributed by atoms with Crippen molar-refractivity contribution in [3.63, 3.8) is 0 Å². The van der Waals surface area contributed by atoms with Crippen LogP contribution in [0.25, 0.3) is 0 Å². The summed E-state index contributed by atoms with van der Waals surface area (Å²) in [5.41, 5.74) is -0.150. The van der Waals surface area contributed by atoms with Crippen molar-refractivity contribution in [1.29, 1.82) is 0 Å². The van der Waals surface area contributed by atoms with Crippen molar-refractivity contribution in [2.24, 2.45) is 0 Å². The van der Waals surface area contributed by atoms with Crippen molar-refractivity contribution in [2.45, 2.75) is 58.8 Å². The monoisotopic (exact) mass is 247 g/mol. The number of hydrogen-bond donors (Lipinski definition) is 2. The van der Waals surface area contributed by atoms with E-state index in [0.717, 1.165) is 25.8 Å². The molecule has 0 aliphatic heterocycles. The molecule has 0 aliphatic rings. The Morgan fingerprint density at radius 1 is 1.06 bits per heavy atom.